The van der Waals surface area contributed by atoms with E-state index in [1.165, 1.54) is 14.0 Å². The Morgan fingerprint density at radius 2 is 1.88 bits per heavy atom. The highest BCUT2D eigenvalue weighted by Gasteiger charge is 2.72. The van der Waals surface area contributed by atoms with E-state index in [4.69, 9.17) is 14.2 Å². The number of esters is 2. The second-order valence-corrected chi connectivity index (χ2v) is 9.88. The minimum absolute atomic E-state index is 0.00566. The van der Waals surface area contributed by atoms with Gasteiger partial charge in [-0.15, -0.1) is 0 Å². The summed E-state index contributed by atoms with van der Waals surface area (Å²) in [6, 6.07) is 5.92. The van der Waals surface area contributed by atoms with Crippen LogP contribution in [0.25, 0.3) is 0 Å². The molecule has 178 valence electrons. The fourth-order valence-electron chi connectivity index (χ4n) is 7.80. The minimum Gasteiger partial charge on any atom is -0.495 e. The van der Waals surface area contributed by atoms with Crippen LogP contribution in [-0.2, 0) is 29.3 Å². The molecule has 1 saturated carbocycles. The summed E-state index contributed by atoms with van der Waals surface area (Å²) in [6.07, 6.45) is 3.00. The first-order valence-electron chi connectivity index (χ1n) is 11.8. The number of carbonyl (C=O) groups excluding carboxylic acids is 3. The van der Waals surface area contributed by atoms with Crippen LogP contribution in [-0.4, -0.2) is 68.2 Å². The van der Waals surface area contributed by atoms with Gasteiger partial charge in [-0.3, -0.25) is 14.5 Å². The first-order chi connectivity index (χ1) is 15.8. The number of methoxy groups -OCH3 is 2. The number of fused-ring (bicyclic) bond motifs is 1. The van der Waals surface area contributed by atoms with Crippen LogP contribution >= 0.6 is 0 Å². The van der Waals surface area contributed by atoms with E-state index in [0.717, 1.165) is 50.0 Å². The Morgan fingerprint density at radius 1 is 1.09 bits per heavy atom. The van der Waals surface area contributed by atoms with Gasteiger partial charge in [-0.2, -0.15) is 0 Å². The molecular weight excluding hydrogens is 424 g/mol. The normalized spacial score (nSPS) is 32.9. The number of ether oxygens (including phenoxy) is 3. The molecule has 5 rings (SSSR count). The molecule has 0 radical (unpaired) electrons. The molecule has 5 atom stereocenters. The maximum atomic E-state index is 13.0. The Balaban J connectivity index is 1.74. The molecule has 1 amide bonds. The number of nitrogens with zero attached hydrogens (tertiary/aromatic N) is 2. The SMILES string of the molecule is COC(=O)C(OC(C)=O)[C@@]12CCCN3CC[C@]4(c5cccc(OC)c5N(C(C)=O)[C@@H]4CC1)[C@H]32. The van der Waals surface area contributed by atoms with Crippen LogP contribution in [0.15, 0.2) is 18.2 Å². The molecule has 1 aromatic rings. The largest absolute Gasteiger partial charge is 0.495 e. The Hall–Kier alpha value is -2.61. The van der Waals surface area contributed by atoms with Crippen LogP contribution in [0.3, 0.4) is 0 Å². The molecule has 33 heavy (non-hydrogen) atoms. The van der Waals surface area contributed by atoms with E-state index in [0.29, 0.717) is 12.2 Å². The molecule has 3 fully saturated rings. The van der Waals surface area contributed by atoms with Gasteiger partial charge >= 0.3 is 11.9 Å². The van der Waals surface area contributed by atoms with E-state index < -0.39 is 23.5 Å². The van der Waals surface area contributed by atoms with Gasteiger partial charge in [0, 0.05) is 36.8 Å². The Labute approximate surface area is 194 Å². The first-order valence-corrected chi connectivity index (χ1v) is 11.8. The number of benzene rings is 1. The zero-order valence-corrected chi connectivity index (χ0v) is 19.8. The second-order valence-electron chi connectivity index (χ2n) is 9.88. The van der Waals surface area contributed by atoms with Crippen molar-refractivity contribution in [1.82, 2.24) is 4.90 Å². The van der Waals surface area contributed by atoms with Gasteiger partial charge in [0.1, 0.15) is 5.75 Å². The van der Waals surface area contributed by atoms with Crippen molar-refractivity contribution in [3.8, 4) is 5.75 Å². The van der Waals surface area contributed by atoms with Crippen molar-refractivity contribution >= 4 is 23.5 Å². The Kier molecular flexibility index (Phi) is 5.19. The van der Waals surface area contributed by atoms with Crippen molar-refractivity contribution in [2.24, 2.45) is 5.41 Å². The highest BCUT2D eigenvalue weighted by atomic mass is 16.6. The van der Waals surface area contributed by atoms with E-state index in [-0.39, 0.29) is 23.4 Å². The van der Waals surface area contributed by atoms with Crippen LogP contribution in [0.5, 0.6) is 5.75 Å². The molecule has 8 heteroatoms. The smallest absolute Gasteiger partial charge is 0.347 e. The summed E-state index contributed by atoms with van der Waals surface area (Å²) >= 11 is 0. The van der Waals surface area contributed by atoms with Gasteiger partial charge < -0.3 is 19.1 Å². The lowest BCUT2D eigenvalue weighted by atomic mass is 9.51. The second kappa shape index (κ2) is 7.72. The maximum absolute atomic E-state index is 13.0. The highest BCUT2D eigenvalue weighted by molar-refractivity contribution is 5.98. The zero-order chi connectivity index (χ0) is 23.5. The molecule has 1 aromatic carbocycles. The van der Waals surface area contributed by atoms with Gasteiger partial charge in [0.05, 0.1) is 19.9 Å². The average molecular weight is 457 g/mol. The standard InChI is InChI=1S/C25H32N2O6/c1-15(28)27-19-9-11-24(21(22(30)32-4)33-16(2)29)10-6-13-26-14-12-25(19,23(24)26)17-7-5-8-18(31-3)20(17)27/h5,7-8,19,21,23H,6,9-14H2,1-4H3/t19-,21?,23-,24-,25-/m1/s1. The molecule has 1 unspecified atom stereocenters. The number of anilines is 1. The number of piperidine rings is 1. The van der Waals surface area contributed by atoms with Crippen LogP contribution in [0, 0.1) is 5.41 Å². The molecule has 0 aromatic heterocycles. The molecule has 0 N–H and O–H groups in total. The third-order valence-electron chi connectivity index (χ3n) is 8.61. The van der Waals surface area contributed by atoms with Crippen LogP contribution < -0.4 is 9.64 Å². The van der Waals surface area contributed by atoms with Gasteiger partial charge in [0.2, 0.25) is 12.0 Å². The average Bonchev–Trinajstić information content (AvgIpc) is 3.34. The number of carbonyl (C=O) groups is 3. The third-order valence-corrected chi connectivity index (χ3v) is 8.61. The number of hydrogen-bond acceptors (Lipinski definition) is 7. The quantitative estimate of drug-likeness (QED) is 0.643. The van der Waals surface area contributed by atoms with Crippen LogP contribution in [0.2, 0.25) is 0 Å². The molecule has 2 saturated heterocycles. The van der Waals surface area contributed by atoms with Crippen LogP contribution in [0.4, 0.5) is 5.69 Å². The topological polar surface area (TPSA) is 85.4 Å². The van der Waals surface area contributed by atoms with Crippen molar-refractivity contribution in [3.63, 3.8) is 0 Å². The predicted molar refractivity (Wildman–Crippen MR) is 120 cm³/mol. The van der Waals surface area contributed by atoms with E-state index in [1.807, 2.05) is 17.0 Å². The van der Waals surface area contributed by atoms with Crippen molar-refractivity contribution in [3.05, 3.63) is 23.8 Å². The van der Waals surface area contributed by atoms with E-state index in [2.05, 4.69) is 11.0 Å². The fraction of sp³-hybridized carbons (Fsp3) is 0.640. The van der Waals surface area contributed by atoms with E-state index in [9.17, 15) is 14.4 Å². The summed E-state index contributed by atoms with van der Waals surface area (Å²) in [5.41, 5.74) is 1.02. The molecular formula is C25H32N2O6. The monoisotopic (exact) mass is 456 g/mol. The number of para-hydroxylation sites is 1. The molecule has 1 aliphatic carbocycles. The summed E-state index contributed by atoms with van der Waals surface area (Å²) in [7, 11) is 2.98. The molecule has 8 nitrogen and oxygen atoms in total. The molecule has 1 spiro atoms. The minimum atomic E-state index is -0.968. The summed E-state index contributed by atoms with van der Waals surface area (Å²) in [4.78, 5) is 42.5. The third kappa shape index (κ3) is 2.82. The van der Waals surface area contributed by atoms with Crippen molar-refractivity contribution in [2.45, 2.75) is 69.6 Å². The van der Waals surface area contributed by atoms with Crippen molar-refractivity contribution in [2.75, 3.05) is 32.2 Å². The van der Waals surface area contributed by atoms with Gasteiger partial charge in [-0.05, 0) is 56.8 Å². The predicted octanol–water partition coefficient (Wildman–Crippen LogP) is 2.42. The van der Waals surface area contributed by atoms with E-state index in [1.54, 1.807) is 14.0 Å². The molecule has 4 aliphatic rings. The first kappa shape index (κ1) is 22.2. The summed E-state index contributed by atoms with van der Waals surface area (Å²) in [5, 5.41) is 0. The number of amides is 1. The van der Waals surface area contributed by atoms with Crippen molar-refractivity contribution in [1.29, 1.82) is 0 Å². The molecule has 0 bridgehead atoms. The number of hydrogen-bond donors (Lipinski definition) is 0. The van der Waals surface area contributed by atoms with Gasteiger partial charge in [0.25, 0.3) is 0 Å². The molecule has 3 aliphatic heterocycles. The van der Waals surface area contributed by atoms with E-state index >= 15 is 0 Å². The zero-order valence-electron chi connectivity index (χ0n) is 19.8. The maximum Gasteiger partial charge on any atom is 0.347 e. The van der Waals surface area contributed by atoms with Crippen LogP contribution in [0.1, 0.15) is 51.5 Å². The fourth-order valence-corrected chi connectivity index (χ4v) is 7.80. The highest BCUT2D eigenvalue weighted by Crippen LogP contribution is 2.66. The Morgan fingerprint density at radius 3 is 2.55 bits per heavy atom. The summed E-state index contributed by atoms with van der Waals surface area (Å²) in [6.45, 7) is 4.75. The molecule has 3 heterocycles. The van der Waals surface area contributed by atoms with Gasteiger partial charge in [-0.1, -0.05) is 12.1 Å². The Bertz CT molecular complexity index is 1010. The number of rotatable bonds is 4. The summed E-state index contributed by atoms with van der Waals surface area (Å²) < 4.78 is 16.6. The van der Waals surface area contributed by atoms with Gasteiger partial charge in [0.15, 0.2) is 0 Å². The van der Waals surface area contributed by atoms with Gasteiger partial charge in [-0.25, -0.2) is 4.79 Å². The lowest BCUT2D eigenvalue weighted by Gasteiger charge is -2.59. The summed E-state index contributed by atoms with van der Waals surface area (Å²) in [5.74, 6) is -0.297. The lowest BCUT2D eigenvalue weighted by molar-refractivity contribution is -0.188. The van der Waals surface area contributed by atoms with Crippen molar-refractivity contribution < 1.29 is 28.6 Å². The lowest BCUT2D eigenvalue weighted by Crippen LogP contribution is -2.69.